The summed E-state index contributed by atoms with van der Waals surface area (Å²) >= 11 is 0. The molecule has 30 heavy (non-hydrogen) atoms. The Bertz CT molecular complexity index is 704. The summed E-state index contributed by atoms with van der Waals surface area (Å²) in [5, 5.41) is 0. The summed E-state index contributed by atoms with van der Waals surface area (Å²) in [6.45, 7) is 5.16. The van der Waals surface area contributed by atoms with Crippen molar-refractivity contribution in [3.05, 3.63) is 59.7 Å². The van der Waals surface area contributed by atoms with Crippen LogP contribution in [0.2, 0.25) is 0 Å². The summed E-state index contributed by atoms with van der Waals surface area (Å²) in [6.07, 6.45) is 13.7. The van der Waals surface area contributed by atoms with Crippen molar-refractivity contribution in [1.82, 2.24) is 0 Å². The highest BCUT2D eigenvalue weighted by Crippen LogP contribution is 2.19. The van der Waals surface area contributed by atoms with E-state index in [9.17, 15) is 4.79 Å². The molecule has 0 aliphatic heterocycles. The van der Waals surface area contributed by atoms with E-state index in [1.165, 1.54) is 56.9 Å². The van der Waals surface area contributed by atoms with Crippen molar-refractivity contribution in [2.45, 2.75) is 84.5 Å². The largest absolute Gasteiger partial charge is 0.494 e. The van der Waals surface area contributed by atoms with E-state index in [2.05, 4.69) is 13.8 Å². The number of hydrogen-bond donors (Lipinski definition) is 0. The molecule has 0 radical (unpaired) electrons. The number of carbonyl (C=O) groups excluding carboxylic acids is 1. The number of carbonyl (C=O) groups is 1. The number of benzene rings is 2. The summed E-state index contributed by atoms with van der Waals surface area (Å²) in [6, 6.07) is 15.0. The molecular formula is C27H38O3. The van der Waals surface area contributed by atoms with Crippen LogP contribution in [0, 0.1) is 0 Å². The van der Waals surface area contributed by atoms with Crippen molar-refractivity contribution < 1.29 is 14.3 Å². The summed E-state index contributed by atoms with van der Waals surface area (Å²) in [4.78, 5) is 12.3. The Balaban J connectivity index is 1.65. The fourth-order valence-electron chi connectivity index (χ4n) is 3.38. The average molecular weight is 411 g/mol. The molecule has 0 atom stereocenters. The van der Waals surface area contributed by atoms with Crippen molar-refractivity contribution >= 4 is 5.97 Å². The van der Waals surface area contributed by atoms with E-state index in [0.717, 1.165) is 31.6 Å². The molecule has 0 aliphatic rings. The van der Waals surface area contributed by atoms with Gasteiger partial charge in [-0.3, -0.25) is 0 Å². The maximum Gasteiger partial charge on any atom is 0.343 e. The van der Waals surface area contributed by atoms with E-state index in [4.69, 9.17) is 9.47 Å². The second kappa shape index (κ2) is 14.7. The van der Waals surface area contributed by atoms with E-state index >= 15 is 0 Å². The van der Waals surface area contributed by atoms with Crippen LogP contribution in [-0.2, 0) is 6.42 Å². The van der Waals surface area contributed by atoms with Gasteiger partial charge in [0.15, 0.2) is 0 Å². The fourth-order valence-corrected chi connectivity index (χ4v) is 3.38. The van der Waals surface area contributed by atoms with Crippen LogP contribution in [0.15, 0.2) is 48.5 Å². The molecule has 0 N–H and O–H groups in total. The molecule has 0 saturated heterocycles. The van der Waals surface area contributed by atoms with E-state index in [1.54, 1.807) is 12.1 Å². The highest BCUT2D eigenvalue weighted by molar-refractivity contribution is 5.91. The number of unbranched alkanes of at least 4 members (excludes halogenated alkanes) is 8. The molecule has 0 fully saturated rings. The SMILES string of the molecule is CCCCCCCCCCOc1ccc(OC(=O)c2ccc(CCCC)cc2)cc1. The summed E-state index contributed by atoms with van der Waals surface area (Å²) in [5.74, 6) is 1.03. The van der Waals surface area contributed by atoms with Crippen LogP contribution in [0.5, 0.6) is 11.5 Å². The minimum absolute atomic E-state index is 0.329. The van der Waals surface area contributed by atoms with Crippen LogP contribution >= 0.6 is 0 Å². The molecule has 2 aromatic rings. The molecule has 0 bridgehead atoms. The molecule has 0 aliphatic carbocycles. The highest BCUT2D eigenvalue weighted by atomic mass is 16.5. The Morgan fingerprint density at radius 1 is 0.667 bits per heavy atom. The van der Waals surface area contributed by atoms with Gasteiger partial charge in [0.2, 0.25) is 0 Å². The average Bonchev–Trinajstić information content (AvgIpc) is 2.78. The van der Waals surface area contributed by atoms with Crippen LogP contribution in [-0.4, -0.2) is 12.6 Å². The predicted octanol–water partition coefficient (Wildman–Crippen LogP) is 7.77. The zero-order valence-electron chi connectivity index (χ0n) is 18.8. The van der Waals surface area contributed by atoms with Crippen LogP contribution < -0.4 is 9.47 Å². The van der Waals surface area contributed by atoms with Gasteiger partial charge in [-0.25, -0.2) is 4.79 Å². The Morgan fingerprint density at radius 3 is 1.87 bits per heavy atom. The van der Waals surface area contributed by atoms with Gasteiger partial charge in [0.1, 0.15) is 11.5 Å². The number of esters is 1. The van der Waals surface area contributed by atoms with E-state index in [1.807, 2.05) is 36.4 Å². The number of ether oxygens (including phenoxy) is 2. The molecule has 164 valence electrons. The predicted molar refractivity (Wildman–Crippen MR) is 125 cm³/mol. The molecular weight excluding hydrogens is 372 g/mol. The molecule has 0 saturated carbocycles. The maximum atomic E-state index is 12.3. The summed E-state index contributed by atoms with van der Waals surface area (Å²) < 4.78 is 11.3. The van der Waals surface area contributed by atoms with E-state index in [0.29, 0.717) is 11.3 Å². The van der Waals surface area contributed by atoms with Crippen LogP contribution in [0.4, 0.5) is 0 Å². The first-order valence-electron chi connectivity index (χ1n) is 11.8. The molecule has 2 rings (SSSR count). The third-order valence-electron chi connectivity index (χ3n) is 5.31. The van der Waals surface area contributed by atoms with Gasteiger partial charge in [0.25, 0.3) is 0 Å². The minimum Gasteiger partial charge on any atom is -0.494 e. The van der Waals surface area contributed by atoms with Gasteiger partial charge < -0.3 is 9.47 Å². The Labute approximate surface area is 182 Å². The van der Waals surface area contributed by atoms with Crippen molar-refractivity contribution in [2.75, 3.05) is 6.61 Å². The Kier molecular flexibility index (Phi) is 11.7. The van der Waals surface area contributed by atoms with Crippen LogP contribution in [0.25, 0.3) is 0 Å². The third kappa shape index (κ3) is 9.47. The Hall–Kier alpha value is -2.29. The molecule has 3 nitrogen and oxygen atoms in total. The monoisotopic (exact) mass is 410 g/mol. The van der Waals surface area contributed by atoms with Crippen LogP contribution in [0.1, 0.15) is 94.0 Å². The van der Waals surface area contributed by atoms with E-state index in [-0.39, 0.29) is 5.97 Å². The van der Waals surface area contributed by atoms with Gasteiger partial charge in [-0.2, -0.15) is 0 Å². The maximum absolute atomic E-state index is 12.3. The number of hydrogen-bond acceptors (Lipinski definition) is 3. The smallest absolute Gasteiger partial charge is 0.343 e. The van der Waals surface area contributed by atoms with Gasteiger partial charge in [-0.05, 0) is 61.2 Å². The lowest BCUT2D eigenvalue weighted by atomic mass is 10.1. The van der Waals surface area contributed by atoms with Gasteiger partial charge in [-0.15, -0.1) is 0 Å². The molecule has 3 heteroatoms. The standard InChI is InChI=1S/C27H38O3/c1-3-5-7-8-9-10-11-12-22-29-25-18-20-26(21-19-25)30-27(28)24-16-14-23(15-17-24)13-6-4-2/h14-21H,3-13,22H2,1-2H3. The zero-order chi connectivity index (χ0) is 21.4. The van der Waals surface area contributed by atoms with Crippen molar-refractivity contribution in [1.29, 1.82) is 0 Å². The molecule has 0 unspecified atom stereocenters. The molecule has 2 aromatic carbocycles. The molecule has 0 spiro atoms. The van der Waals surface area contributed by atoms with Crippen molar-refractivity contribution in [3.63, 3.8) is 0 Å². The zero-order valence-corrected chi connectivity index (χ0v) is 18.8. The molecule has 0 heterocycles. The van der Waals surface area contributed by atoms with Gasteiger partial charge in [-0.1, -0.05) is 77.3 Å². The van der Waals surface area contributed by atoms with Crippen molar-refractivity contribution in [2.24, 2.45) is 0 Å². The summed E-state index contributed by atoms with van der Waals surface area (Å²) in [7, 11) is 0. The second-order valence-corrected chi connectivity index (χ2v) is 7.98. The van der Waals surface area contributed by atoms with Gasteiger partial charge in [0, 0.05) is 0 Å². The first kappa shape index (κ1) is 24.0. The fraction of sp³-hybridized carbons (Fsp3) is 0.519. The lowest BCUT2D eigenvalue weighted by Gasteiger charge is -2.08. The second-order valence-electron chi connectivity index (χ2n) is 7.98. The normalized spacial score (nSPS) is 10.7. The lowest BCUT2D eigenvalue weighted by Crippen LogP contribution is -2.08. The quantitative estimate of drug-likeness (QED) is 0.171. The molecule has 0 amide bonds. The van der Waals surface area contributed by atoms with Gasteiger partial charge >= 0.3 is 5.97 Å². The first-order chi connectivity index (χ1) is 14.7. The first-order valence-corrected chi connectivity index (χ1v) is 11.8. The number of rotatable bonds is 15. The topological polar surface area (TPSA) is 35.5 Å². The lowest BCUT2D eigenvalue weighted by molar-refractivity contribution is 0.0734. The van der Waals surface area contributed by atoms with E-state index < -0.39 is 0 Å². The third-order valence-corrected chi connectivity index (χ3v) is 5.31. The Morgan fingerprint density at radius 2 is 1.23 bits per heavy atom. The number of aryl methyl sites for hydroxylation is 1. The minimum atomic E-state index is -0.329. The molecule has 0 aromatic heterocycles. The summed E-state index contributed by atoms with van der Waals surface area (Å²) in [5.41, 5.74) is 1.83. The highest BCUT2D eigenvalue weighted by Gasteiger charge is 2.09. The van der Waals surface area contributed by atoms with Crippen LogP contribution in [0.3, 0.4) is 0 Å². The van der Waals surface area contributed by atoms with Gasteiger partial charge in [0.05, 0.1) is 12.2 Å². The van der Waals surface area contributed by atoms with Crippen molar-refractivity contribution in [3.8, 4) is 11.5 Å².